The molecule has 0 fully saturated rings. The first kappa shape index (κ1) is 14.8. The summed E-state index contributed by atoms with van der Waals surface area (Å²) in [6.45, 7) is 5.92. The van der Waals surface area contributed by atoms with E-state index in [4.69, 9.17) is 0 Å². The van der Waals surface area contributed by atoms with E-state index in [1.54, 1.807) is 6.92 Å². The minimum absolute atomic E-state index is 0.0407. The maximum Gasteiger partial charge on any atom is 0.137 e. The first-order chi connectivity index (χ1) is 10.6. The summed E-state index contributed by atoms with van der Waals surface area (Å²) in [7, 11) is 0. The molecule has 0 aromatic heterocycles. The lowest BCUT2D eigenvalue weighted by Crippen LogP contribution is -2.09. The molecule has 0 saturated carbocycles. The summed E-state index contributed by atoms with van der Waals surface area (Å²) in [6.07, 6.45) is 1.91. The lowest BCUT2D eigenvalue weighted by molar-refractivity contribution is -0.119. The Morgan fingerprint density at radius 1 is 0.864 bits per heavy atom. The quantitative estimate of drug-likeness (QED) is 0.758. The molecule has 1 aliphatic rings. The molecule has 1 unspecified atom stereocenters. The Morgan fingerprint density at radius 2 is 1.36 bits per heavy atom. The third-order valence-electron chi connectivity index (χ3n) is 4.61. The van der Waals surface area contributed by atoms with Gasteiger partial charge < -0.3 is 0 Å². The van der Waals surface area contributed by atoms with Crippen molar-refractivity contribution in [3.63, 3.8) is 0 Å². The Balaban J connectivity index is 2.14. The standard InChI is InChI=1S/C21H22O/c1-14-4-8-17(9-5-14)20-13-12-19(16(3)22)21(20)18-10-6-15(2)7-11-18/h4-11,19H,12-13H2,1-3H3. The van der Waals surface area contributed by atoms with Crippen LogP contribution in [-0.4, -0.2) is 5.78 Å². The van der Waals surface area contributed by atoms with E-state index in [9.17, 15) is 4.79 Å². The lowest BCUT2D eigenvalue weighted by atomic mass is 9.89. The summed E-state index contributed by atoms with van der Waals surface area (Å²) in [4.78, 5) is 12.1. The van der Waals surface area contributed by atoms with Crippen molar-refractivity contribution in [3.8, 4) is 0 Å². The molecule has 0 radical (unpaired) electrons. The number of benzene rings is 2. The summed E-state index contributed by atoms with van der Waals surface area (Å²) in [5.74, 6) is 0.316. The molecular weight excluding hydrogens is 268 g/mol. The average Bonchev–Trinajstić information content (AvgIpc) is 2.94. The Bertz CT molecular complexity index is 718. The molecule has 0 heterocycles. The Morgan fingerprint density at radius 3 is 1.86 bits per heavy atom. The summed E-state index contributed by atoms with van der Waals surface area (Å²) in [6, 6.07) is 17.2. The average molecular weight is 290 g/mol. The van der Waals surface area contributed by atoms with E-state index in [1.165, 1.54) is 33.4 Å². The zero-order valence-corrected chi connectivity index (χ0v) is 13.5. The summed E-state index contributed by atoms with van der Waals surface area (Å²) < 4.78 is 0. The van der Waals surface area contributed by atoms with Gasteiger partial charge in [0.2, 0.25) is 0 Å². The van der Waals surface area contributed by atoms with Crippen molar-refractivity contribution in [1.82, 2.24) is 0 Å². The van der Waals surface area contributed by atoms with E-state index >= 15 is 0 Å². The zero-order valence-electron chi connectivity index (χ0n) is 13.5. The predicted octanol–water partition coefficient (Wildman–Crippen LogP) is 5.21. The van der Waals surface area contributed by atoms with Gasteiger partial charge in [-0.05, 0) is 55.9 Å². The fraction of sp³-hybridized carbons (Fsp3) is 0.286. The molecule has 3 rings (SSSR count). The van der Waals surface area contributed by atoms with Gasteiger partial charge >= 0.3 is 0 Å². The van der Waals surface area contributed by atoms with E-state index in [2.05, 4.69) is 62.4 Å². The molecule has 2 aromatic carbocycles. The lowest BCUT2D eigenvalue weighted by Gasteiger charge is -2.14. The summed E-state index contributed by atoms with van der Waals surface area (Å²) >= 11 is 0. The number of Topliss-reactive ketones (excluding diaryl/α,β-unsaturated/α-hetero) is 1. The van der Waals surface area contributed by atoms with E-state index in [1.807, 2.05) is 0 Å². The largest absolute Gasteiger partial charge is 0.299 e. The molecule has 22 heavy (non-hydrogen) atoms. The fourth-order valence-corrected chi connectivity index (χ4v) is 3.35. The van der Waals surface area contributed by atoms with E-state index < -0.39 is 0 Å². The van der Waals surface area contributed by atoms with Crippen LogP contribution in [0.15, 0.2) is 48.5 Å². The van der Waals surface area contributed by atoms with Gasteiger partial charge in [0.1, 0.15) is 5.78 Å². The molecule has 1 heteroatoms. The molecule has 1 atom stereocenters. The molecule has 1 nitrogen and oxygen atoms in total. The highest BCUT2D eigenvalue weighted by Crippen LogP contribution is 2.44. The van der Waals surface area contributed by atoms with E-state index in [-0.39, 0.29) is 11.7 Å². The molecule has 0 saturated heterocycles. The highest BCUT2D eigenvalue weighted by molar-refractivity contribution is 6.03. The van der Waals surface area contributed by atoms with E-state index in [0.717, 1.165) is 12.8 Å². The molecule has 2 aromatic rings. The normalized spacial score (nSPS) is 17.9. The van der Waals surface area contributed by atoms with Crippen LogP contribution in [0.2, 0.25) is 0 Å². The third kappa shape index (κ3) is 2.76. The molecular formula is C21H22O. The fourth-order valence-electron chi connectivity index (χ4n) is 3.35. The number of allylic oxidation sites excluding steroid dienone is 2. The van der Waals surface area contributed by atoms with E-state index in [0.29, 0.717) is 0 Å². The SMILES string of the molecule is CC(=O)C1CCC(c2ccc(C)cc2)=C1c1ccc(C)cc1. The monoisotopic (exact) mass is 290 g/mol. The minimum atomic E-state index is 0.0407. The topological polar surface area (TPSA) is 17.1 Å². The van der Waals surface area contributed by atoms with Crippen molar-refractivity contribution in [2.75, 3.05) is 0 Å². The van der Waals surface area contributed by atoms with Crippen LogP contribution in [0.3, 0.4) is 0 Å². The van der Waals surface area contributed by atoms with Gasteiger partial charge in [-0.1, -0.05) is 59.7 Å². The van der Waals surface area contributed by atoms with Crippen LogP contribution in [0, 0.1) is 19.8 Å². The Hall–Kier alpha value is -2.15. The van der Waals surface area contributed by atoms with Gasteiger partial charge in [-0.25, -0.2) is 0 Å². The number of carbonyl (C=O) groups is 1. The zero-order chi connectivity index (χ0) is 15.7. The van der Waals surface area contributed by atoms with Crippen LogP contribution in [0.5, 0.6) is 0 Å². The Kier molecular flexibility index (Phi) is 3.98. The van der Waals surface area contributed by atoms with Crippen molar-refractivity contribution in [2.45, 2.75) is 33.6 Å². The molecule has 0 amide bonds. The number of ketones is 1. The molecule has 0 N–H and O–H groups in total. The molecule has 0 spiro atoms. The van der Waals surface area contributed by atoms with Gasteiger partial charge in [-0.3, -0.25) is 4.79 Å². The van der Waals surface area contributed by atoms with Crippen LogP contribution < -0.4 is 0 Å². The Labute approximate surface area is 132 Å². The van der Waals surface area contributed by atoms with Gasteiger partial charge in [0.05, 0.1) is 0 Å². The van der Waals surface area contributed by atoms with Gasteiger partial charge in [-0.2, -0.15) is 0 Å². The summed E-state index contributed by atoms with van der Waals surface area (Å²) in [5, 5.41) is 0. The van der Waals surface area contributed by atoms with Crippen LogP contribution in [0.1, 0.15) is 42.0 Å². The molecule has 0 bridgehead atoms. The highest BCUT2D eigenvalue weighted by atomic mass is 16.1. The smallest absolute Gasteiger partial charge is 0.137 e. The number of rotatable bonds is 3. The maximum absolute atomic E-state index is 12.1. The number of hydrogen-bond donors (Lipinski definition) is 0. The predicted molar refractivity (Wildman–Crippen MR) is 92.6 cm³/mol. The van der Waals surface area contributed by atoms with Crippen LogP contribution in [0.4, 0.5) is 0 Å². The number of aryl methyl sites for hydroxylation is 2. The van der Waals surface area contributed by atoms with Gasteiger partial charge in [0.25, 0.3) is 0 Å². The van der Waals surface area contributed by atoms with Crippen molar-refractivity contribution in [3.05, 3.63) is 70.8 Å². The summed E-state index contributed by atoms with van der Waals surface area (Å²) in [5.41, 5.74) is 7.53. The first-order valence-electron chi connectivity index (χ1n) is 7.94. The van der Waals surface area contributed by atoms with Gasteiger partial charge in [-0.15, -0.1) is 0 Å². The van der Waals surface area contributed by atoms with Crippen molar-refractivity contribution < 1.29 is 4.79 Å². The van der Waals surface area contributed by atoms with Crippen molar-refractivity contribution in [2.24, 2.45) is 5.92 Å². The van der Waals surface area contributed by atoms with Gasteiger partial charge in [0, 0.05) is 5.92 Å². The van der Waals surface area contributed by atoms with Crippen LogP contribution >= 0.6 is 0 Å². The second kappa shape index (κ2) is 5.92. The third-order valence-corrected chi connectivity index (χ3v) is 4.61. The highest BCUT2D eigenvalue weighted by Gasteiger charge is 2.30. The minimum Gasteiger partial charge on any atom is -0.299 e. The second-order valence-electron chi connectivity index (χ2n) is 6.33. The molecule has 0 aliphatic heterocycles. The molecule has 1 aliphatic carbocycles. The van der Waals surface area contributed by atoms with Crippen molar-refractivity contribution >= 4 is 16.9 Å². The maximum atomic E-state index is 12.1. The number of hydrogen-bond acceptors (Lipinski definition) is 1. The first-order valence-corrected chi connectivity index (χ1v) is 7.94. The van der Waals surface area contributed by atoms with Gasteiger partial charge in [0.15, 0.2) is 0 Å². The van der Waals surface area contributed by atoms with Crippen molar-refractivity contribution in [1.29, 1.82) is 0 Å². The van der Waals surface area contributed by atoms with Crippen LogP contribution in [-0.2, 0) is 4.79 Å². The van der Waals surface area contributed by atoms with Crippen LogP contribution in [0.25, 0.3) is 11.1 Å². The molecule has 112 valence electrons. The second-order valence-corrected chi connectivity index (χ2v) is 6.33. The number of carbonyl (C=O) groups excluding carboxylic acids is 1.